The van der Waals surface area contributed by atoms with E-state index in [1.165, 1.54) is 55.5 Å². The zero-order valence-electron chi connectivity index (χ0n) is 28.4. The van der Waals surface area contributed by atoms with Crippen molar-refractivity contribution >= 4 is 58.2 Å². The zero-order chi connectivity index (χ0) is 37.3. The fourth-order valence-electron chi connectivity index (χ4n) is 9.02. The molecule has 2 heterocycles. The number of imide groups is 2. The first-order chi connectivity index (χ1) is 25.5. The van der Waals surface area contributed by atoms with Gasteiger partial charge in [-0.1, -0.05) is 47.0 Å². The van der Waals surface area contributed by atoms with Crippen LogP contribution in [0.15, 0.2) is 96.6 Å². The van der Waals surface area contributed by atoms with Crippen LogP contribution in [0.2, 0.25) is 10.0 Å². The molecule has 1 saturated carbocycles. The lowest BCUT2D eigenvalue weighted by Crippen LogP contribution is -2.53. The number of allylic oxidation sites excluding steroid dienone is 2. The Morgan fingerprint density at radius 3 is 2.02 bits per heavy atom. The number of carbonyl (C=O) groups excluding carboxylic acids is 4. The van der Waals surface area contributed by atoms with Gasteiger partial charge in [0.25, 0.3) is 11.8 Å². The topological polar surface area (TPSA) is 125 Å². The second-order valence-electron chi connectivity index (χ2n) is 13.6. The number of nitrogens with one attached hydrogen (secondary N) is 1. The number of halogens is 3. The van der Waals surface area contributed by atoms with Gasteiger partial charge in [-0.2, -0.15) is 5.01 Å². The monoisotopic (exact) mass is 755 g/mol. The Hall–Kier alpha value is -5.39. The first-order valence-electron chi connectivity index (χ1n) is 16.9. The molecule has 0 unspecified atom stereocenters. The summed E-state index contributed by atoms with van der Waals surface area (Å²) in [6, 6.07) is 21.2. The molecule has 2 saturated heterocycles. The number of hydrogen-bond acceptors (Lipinski definition) is 8. The molecule has 53 heavy (non-hydrogen) atoms. The maximum absolute atomic E-state index is 15.4. The number of anilines is 2. The number of ether oxygens (including phenoxy) is 2. The maximum Gasteiger partial charge on any atom is 0.260 e. The van der Waals surface area contributed by atoms with Gasteiger partial charge in [-0.15, -0.1) is 0 Å². The smallest absolute Gasteiger partial charge is 0.260 e. The van der Waals surface area contributed by atoms with Gasteiger partial charge < -0.3 is 14.6 Å². The third-order valence-corrected chi connectivity index (χ3v) is 11.7. The lowest BCUT2D eigenvalue weighted by atomic mass is 9.49. The lowest BCUT2D eigenvalue weighted by Gasteiger charge is -2.51. The first-order valence-corrected chi connectivity index (χ1v) is 17.7. The van der Waals surface area contributed by atoms with Gasteiger partial charge in [-0.3, -0.25) is 29.5 Å². The molecule has 4 aliphatic rings. The number of phenols is 1. The van der Waals surface area contributed by atoms with Crippen molar-refractivity contribution in [3.8, 4) is 17.2 Å². The summed E-state index contributed by atoms with van der Waals surface area (Å²) in [6.45, 7) is 0. The van der Waals surface area contributed by atoms with E-state index in [0.29, 0.717) is 38.1 Å². The summed E-state index contributed by atoms with van der Waals surface area (Å²) in [7, 11) is 2.84. The van der Waals surface area contributed by atoms with Crippen molar-refractivity contribution in [3.05, 3.63) is 124 Å². The number of amides is 4. The summed E-state index contributed by atoms with van der Waals surface area (Å²) < 4.78 is 25.6. The molecule has 4 aromatic rings. The Morgan fingerprint density at radius 2 is 1.42 bits per heavy atom. The first kappa shape index (κ1) is 34.7. The molecule has 0 aromatic heterocycles. The van der Waals surface area contributed by atoms with Gasteiger partial charge in [-0.05, 0) is 85.0 Å². The van der Waals surface area contributed by atoms with Crippen molar-refractivity contribution in [1.29, 1.82) is 0 Å². The minimum Gasteiger partial charge on any atom is -0.508 e. The molecule has 4 amide bonds. The Balaban J connectivity index is 1.37. The average Bonchev–Trinajstić information content (AvgIpc) is 3.53. The molecule has 13 heteroatoms. The van der Waals surface area contributed by atoms with Crippen LogP contribution < -0.4 is 19.8 Å². The van der Waals surface area contributed by atoms with E-state index in [9.17, 15) is 23.9 Å². The van der Waals surface area contributed by atoms with Crippen LogP contribution in [0.1, 0.15) is 29.9 Å². The summed E-state index contributed by atoms with van der Waals surface area (Å²) in [4.78, 5) is 60.0. The van der Waals surface area contributed by atoms with E-state index in [1.807, 2.05) is 6.08 Å². The van der Waals surface area contributed by atoms with Crippen LogP contribution in [0.5, 0.6) is 17.2 Å². The van der Waals surface area contributed by atoms with E-state index in [4.69, 9.17) is 32.7 Å². The summed E-state index contributed by atoms with van der Waals surface area (Å²) in [5.41, 5.74) is 3.42. The molecule has 2 N–H and O–H groups in total. The van der Waals surface area contributed by atoms with Gasteiger partial charge in [0, 0.05) is 33.7 Å². The van der Waals surface area contributed by atoms with E-state index in [2.05, 4.69) is 5.43 Å². The fourth-order valence-corrected chi connectivity index (χ4v) is 9.28. The standard InChI is InChI=1S/C40H32Cl2FN3O7/c1-52-31-17-26(47)18-32(53-2)34(31)35-27-15-16-28-33(38(50)45(36(28)48)25-13-7-22(42)8-14-25)29(27)19-30-37(49)46(44-24-11-9-23(43)10-12-24)39(51)40(30,35)20-3-5-21(41)6-4-20/h3-15,17-18,28-30,33,35,44,47H,16,19H2,1-2H3/t28-,29+,30-,33-,35+,40+/m0/s1. The van der Waals surface area contributed by atoms with Gasteiger partial charge in [0.05, 0.1) is 48.8 Å². The number of benzene rings is 4. The van der Waals surface area contributed by atoms with Gasteiger partial charge in [0.1, 0.15) is 23.1 Å². The highest BCUT2D eigenvalue weighted by Crippen LogP contribution is 2.66. The number of nitrogens with zero attached hydrogens (tertiary/aromatic N) is 2. The van der Waals surface area contributed by atoms with E-state index in [0.717, 1.165) is 5.01 Å². The number of phenolic OH excluding ortho intramolecular Hbond substituents is 1. The molecule has 270 valence electrons. The van der Waals surface area contributed by atoms with Crippen molar-refractivity contribution in [2.75, 3.05) is 24.5 Å². The Bertz CT molecular complexity index is 2190. The molecular formula is C40H32Cl2FN3O7. The second kappa shape index (κ2) is 12.9. The fraction of sp³-hybridized carbons (Fsp3) is 0.250. The SMILES string of the molecule is COc1cc(O)cc(OC)c1[C@H]1C2=CC[C@@H]3C(=O)N(c4ccc(Cl)cc4)C(=O)[C@@H]3[C@@H]2C[C@H]2C(=O)N(Nc3ccc(F)cc3)C(=O)[C@@]12c1ccc(Cl)cc1. The summed E-state index contributed by atoms with van der Waals surface area (Å²) in [6.07, 6.45) is 2.13. The molecule has 3 fully saturated rings. The molecule has 6 atom stereocenters. The molecule has 0 spiro atoms. The minimum atomic E-state index is -1.68. The van der Waals surface area contributed by atoms with Gasteiger partial charge in [-0.25, -0.2) is 4.39 Å². The summed E-state index contributed by atoms with van der Waals surface area (Å²) in [5.74, 6) is -6.63. The molecular weight excluding hydrogens is 724 g/mol. The largest absolute Gasteiger partial charge is 0.508 e. The normalized spacial score (nSPS) is 26.2. The number of carbonyl (C=O) groups is 4. The van der Waals surface area contributed by atoms with Crippen LogP contribution in [-0.2, 0) is 24.6 Å². The number of aromatic hydroxyl groups is 1. The highest BCUT2D eigenvalue weighted by molar-refractivity contribution is 6.31. The Labute approximate surface area is 313 Å². The van der Waals surface area contributed by atoms with Crippen LogP contribution in [0.4, 0.5) is 15.8 Å². The highest BCUT2D eigenvalue weighted by atomic mass is 35.5. The predicted octanol–water partition coefficient (Wildman–Crippen LogP) is 7.04. The van der Waals surface area contributed by atoms with Crippen LogP contribution in [0.25, 0.3) is 0 Å². The Kier molecular flexibility index (Phi) is 8.46. The van der Waals surface area contributed by atoms with E-state index in [-0.39, 0.29) is 36.0 Å². The molecule has 2 aliphatic heterocycles. The van der Waals surface area contributed by atoms with Crippen LogP contribution in [-0.4, -0.2) is 48.0 Å². The third kappa shape index (κ3) is 5.20. The van der Waals surface area contributed by atoms with Crippen LogP contribution >= 0.6 is 23.2 Å². The number of rotatable bonds is 7. The number of fused-ring (bicyclic) bond motifs is 4. The Morgan fingerprint density at radius 1 is 0.811 bits per heavy atom. The highest BCUT2D eigenvalue weighted by Gasteiger charge is 2.71. The van der Waals surface area contributed by atoms with Gasteiger partial charge >= 0.3 is 0 Å². The van der Waals surface area contributed by atoms with Crippen molar-refractivity contribution in [1.82, 2.24) is 5.01 Å². The van der Waals surface area contributed by atoms with E-state index < -0.39 is 58.5 Å². The van der Waals surface area contributed by atoms with Crippen molar-refractivity contribution in [2.45, 2.75) is 24.2 Å². The molecule has 2 aliphatic carbocycles. The molecule has 10 nitrogen and oxygen atoms in total. The zero-order valence-corrected chi connectivity index (χ0v) is 29.9. The summed E-state index contributed by atoms with van der Waals surface area (Å²) >= 11 is 12.5. The number of methoxy groups -OCH3 is 2. The molecule has 0 radical (unpaired) electrons. The quantitative estimate of drug-likeness (QED) is 0.152. The van der Waals surface area contributed by atoms with Crippen molar-refractivity contribution < 1.29 is 38.1 Å². The third-order valence-electron chi connectivity index (χ3n) is 11.2. The lowest BCUT2D eigenvalue weighted by molar-refractivity contribution is -0.138. The maximum atomic E-state index is 15.4. The molecule has 0 bridgehead atoms. The second-order valence-corrected chi connectivity index (χ2v) is 14.5. The van der Waals surface area contributed by atoms with Crippen LogP contribution in [0, 0.1) is 29.5 Å². The van der Waals surface area contributed by atoms with Gasteiger partial charge in [0.15, 0.2) is 0 Å². The van der Waals surface area contributed by atoms with Crippen molar-refractivity contribution in [3.63, 3.8) is 0 Å². The van der Waals surface area contributed by atoms with Gasteiger partial charge in [0.2, 0.25) is 11.8 Å². The predicted molar refractivity (Wildman–Crippen MR) is 194 cm³/mol. The average molecular weight is 757 g/mol. The minimum absolute atomic E-state index is 0.0362. The summed E-state index contributed by atoms with van der Waals surface area (Å²) in [5, 5.41) is 12.5. The number of hydrogen-bond donors (Lipinski definition) is 2. The van der Waals surface area contributed by atoms with E-state index >= 15 is 4.79 Å². The molecule has 4 aromatic carbocycles. The van der Waals surface area contributed by atoms with Crippen molar-refractivity contribution in [2.24, 2.45) is 23.7 Å². The van der Waals surface area contributed by atoms with E-state index in [1.54, 1.807) is 48.5 Å². The molecule has 8 rings (SSSR count). The number of hydrazine groups is 1. The van der Waals surface area contributed by atoms with Crippen LogP contribution in [0.3, 0.4) is 0 Å².